The van der Waals surface area contributed by atoms with Gasteiger partial charge in [-0.2, -0.15) is 0 Å². The Hall–Kier alpha value is -0.0800. The normalized spacial score (nSPS) is 24.0. The van der Waals surface area contributed by atoms with Gasteiger partial charge in [-0.3, -0.25) is 4.90 Å². The first-order valence-electron chi connectivity index (χ1n) is 4.96. The lowest BCUT2D eigenvalue weighted by molar-refractivity contribution is 0.0997. The van der Waals surface area contributed by atoms with Crippen molar-refractivity contribution < 1.29 is 0 Å². The molecule has 0 amide bonds. The molecule has 1 aliphatic rings. The Balaban J connectivity index is 2.45. The quantitative estimate of drug-likeness (QED) is 0.638. The van der Waals surface area contributed by atoms with Crippen LogP contribution in [0.5, 0.6) is 0 Å². The van der Waals surface area contributed by atoms with E-state index in [0.29, 0.717) is 11.5 Å². The molecule has 0 spiro atoms. The molecule has 0 saturated carbocycles. The topological polar surface area (TPSA) is 15.3 Å². The molecule has 1 aliphatic heterocycles. The molecule has 1 heterocycles. The molecule has 0 aromatic rings. The number of nitrogens with zero attached hydrogens (tertiary/aromatic N) is 1. The summed E-state index contributed by atoms with van der Waals surface area (Å²) in [6.45, 7) is 14.0. The Morgan fingerprint density at radius 3 is 2.08 bits per heavy atom. The van der Waals surface area contributed by atoms with Gasteiger partial charge in [0.1, 0.15) is 0 Å². The molecule has 0 bridgehead atoms. The molecule has 0 aromatic heterocycles. The van der Waals surface area contributed by atoms with Crippen LogP contribution in [0.15, 0.2) is 0 Å². The number of nitrogens with one attached hydrogen (secondary N) is 1. The van der Waals surface area contributed by atoms with Gasteiger partial charge in [0.25, 0.3) is 0 Å². The van der Waals surface area contributed by atoms with Crippen LogP contribution in [0.1, 0.15) is 27.7 Å². The molecule has 0 radical (unpaired) electrons. The van der Waals surface area contributed by atoms with E-state index in [0.717, 1.165) is 13.1 Å². The molecule has 2 nitrogen and oxygen atoms in total. The number of hydrogen-bond acceptors (Lipinski definition) is 2. The molecular weight excluding hydrogens is 148 g/mol. The molecule has 2 heteroatoms. The second-order valence-electron chi connectivity index (χ2n) is 4.83. The second kappa shape index (κ2) is 3.75. The van der Waals surface area contributed by atoms with E-state index < -0.39 is 0 Å². The monoisotopic (exact) mass is 170 g/mol. The molecule has 0 aliphatic carbocycles. The maximum atomic E-state index is 3.38. The van der Waals surface area contributed by atoms with Crippen molar-refractivity contribution in [2.24, 2.45) is 5.41 Å². The van der Waals surface area contributed by atoms with Gasteiger partial charge in [-0.1, -0.05) is 20.8 Å². The summed E-state index contributed by atoms with van der Waals surface area (Å²) in [4.78, 5) is 2.58. The summed E-state index contributed by atoms with van der Waals surface area (Å²) in [7, 11) is 0. The van der Waals surface area contributed by atoms with Crippen molar-refractivity contribution in [3.63, 3.8) is 0 Å². The van der Waals surface area contributed by atoms with Crippen LogP contribution in [-0.2, 0) is 0 Å². The molecule has 1 N–H and O–H groups in total. The summed E-state index contributed by atoms with van der Waals surface area (Å²) in [5.41, 5.74) is 0.414. The third-order valence-electron chi connectivity index (χ3n) is 2.95. The predicted octanol–water partition coefficient (Wildman–Crippen LogP) is 1.33. The highest BCUT2D eigenvalue weighted by molar-refractivity contribution is 4.81. The highest BCUT2D eigenvalue weighted by Crippen LogP contribution is 2.23. The average Bonchev–Trinajstić information content (AvgIpc) is 2.03. The smallest absolute Gasteiger partial charge is 0.0116 e. The highest BCUT2D eigenvalue weighted by Gasteiger charge is 2.26. The minimum Gasteiger partial charge on any atom is -0.314 e. The summed E-state index contributed by atoms with van der Waals surface area (Å²) in [6.07, 6.45) is 0. The maximum absolute atomic E-state index is 3.38. The van der Waals surface area contributed by atoms with E-state index in [4.69, 9.17) is 0 Å². The average molecular weight is 170 g/mol. The van der Waals surface area contributed by atoms with Crippen LogP contribution in [0.3, 0.4) is 0 Å². The van der Waals surface area contributed by atoms with E-state index >= 15 is 0 Å². The fraction of sp³-hybridized carbons (Fsp3) is 1.00. The van der Waals surface area contributed by atoms with Crippen molar-refractivity contribution in [3.8, 4) is 0 Å². The van der Waals surface area contributed by atoms with E-state index in [-0.39, 0.29) is 0 Å². The van der Waals surface area contributed by atoms with Gasteiger partial charge in [-0.25, -0.2) is 0 Å². The number of piperazine rings is 1. The lowest BCUT2D eigenvalue weighted by atomic mass is 9.86. The SMILES string of the molecule is C[C@@H](N1CCNCC1)C(C)(C)C. The molecule has 0 unspecified atom stereocenters. The van der Waals surface area contributed by atoms with Crippen molar-refractivity contribution >= 4 is 0 Å². The first-order valence-corrected chi connectivity index (χ1v) is 4.96. The molecule has 1 atom stereocenters. The molecule has 12 heavy (non-hydrogen) atoms. The summed E-state index contributed by atoms with van der Waals surface area (Å²) in [5, 5.41) is 3.38. The zero-order chi connectivity index (χ0) is 9.19. The fourth-order valence-electron chi connectivity index (χ4n) is 1.62. The Kier molecular flexibility index (Phi) is 3.13. The van der Waals surface area contributed by atoms with E-state index in [1.54, 1.807) is 0 Å². The van der Waals surface area contributed by atoms with Gasteiger partial charge in [-0.15, -0.1) is 0 Å². The standard InChI is InChI=1S/C10H22N2/c1-9(10(2,3)4)12-7-5-11-6-8-12/h9,11H,5-8H2,1-4H3/t9-/m1/s1. The van der Waals surface area contributed by atoms with Crippen molar-refractivity contribution in [2.75, 3.05) is 26.2 Å². The van der Waals surface area contributed by atoms with Crippen LogP contribution in [0.25, 0.3) is 0 Å². The summed E-state index contributed by atoms with van der Waals surface area (Å²) in [6, 6.07) is 0.694. The summed E-state index contributed by atoms with van der Waals surface area (Å²) < 4.78 is 0. The van der Waals surface area contributed by atoms with Crippen molar-refractivity contribution in [3.05, 3.63) is 0 Å². The van der Waals surface area contributed by atoms with Gasteiger partial charge >= 0.3 is 0 Å². The molecule has 72 valence electrons. The Bertz CT molecular complexity index is 131. The fourth-order valence-corrected chi connectivity index (χ4v) is 1.62. The van der Waals surface area contributed by atoms with Crippen LogP contribution in [-0.4, -0.2) is 37.1 Å². The van der Waals surface area contributed by atoms with Crippen LogP contribution in [0.4, 0.5) is 0 Å². The van der Waals surface area contributed by atoms with Crippen molar-refractivity contribution in [1.29, 1.82) is 0 Å². The van der Waals surface area contributed by atoms with E-state index in [9.17, 15) is 0 Å². The largest absolute Gasteiger partial charge is 0.314 e. The highest BCUT2D eigenvalue weighted by atomic mass is 15.2. The molecule has 1 rings (SSSR count). The molecule has 1 saturated heterocycles. The minimum absolute atomic E-state index is 0.414. The van der Waals surface area contributed by atoms with Crippen molar-refractivity contribution in [1.82, 2.24) is 10.2 Å². The van der Waals surface area contributed by atoms with E-state index in [2.05, 4.69) is 37.9 Å². The first-order chi connectivity index (χ1) is 5.52. The molecule has 1 fully saturated rings. The minimum atomic E-state index is 0.414. The van der Waals surface area contributed by atoms with Gasteiger partial charge in [0.15, 0.2) is 0 Å². The van der Waals surface area contributed by atoms with Gasteiger partial charge in [0, 0.05) is 32.2 Å². The summed E-state index contributed by atoms with van der Waals surface area (Å²) in [5.74, 6) is 0. The van der Waals surface area contributed by atoms with Crippen LogP contribution >= 0.6 is 0 Å². The number of hydrogen-bond donors (Lipinski definition) is 1. The first kappa shape index (κ1) is 10.0. The van der Waals surface area contributed by atoms with Crippen LogP contribution in [0, 0.1) is 5.41 Å². The third kappa shape index (κ3) is 2.46. The third-order valence-corrected chi connectivity index (χ3v) is 2.95. The zero-order valence-corrected chi connectivity index (χ0v) is 8.85. The van der Waals surface area contributed by atoms with E-state index in [1.807, 2.05) is 0 Å². The molecule has 0 aromatic carbocycles. The zero-order valence-electron chi connectivity index (χ0n) is 8.85. The predicted molar refractivity (Wildman–Crippen MR) is 53.4 cm³/mol. The van der Waals surface area contributed by atoms with Gasteiger partial charge in [-0.05, 0) is 12.3 Å². The maximum Gasteiger partial charge on any atom is 0.0116 e. The number of rotatable bonds is 1. The Morgan fingerprint density at radius 2 is 1.67 bits per heavy atom. The lowest BCUT2D eigenvalue weighted by Gasteiger charge is -2.40. The Morgan fingerprint density at radius 1 is 1.17 bits per heavy atom. The Labute approximate surface area is 76.3 Å². The van der Waals surface area contributed by atoms with Gasteiger partial charge < -0.3 is 5.32 Å². The second-order valence-corrected chi connectivity index (χ2v) is 4.83. The van der Waals surface area contributed by atoms with Crippen LogP contribution < -0.4 is 5.32 Å². The van der Waals surface area contributed by atoms with Crippen LogP contribution in [0.2, 0.25) is 0 Å². The summed E-state index contributed by atoms with van der Waals surface area (Å²) >= 11 is 0. The van der Waals surface area contributed by atoms with Gasteiger partial charge in [0.2, 0.25) is 0 Å². The van der Waals surface area contributed by atoms with Crippen molar-refractivity contribution in [2.45, 2.75) is 33.7 Å². The molecular formula is C10H22N2. The lowest BCUT2D eigenvalue weighted by Crippen LogP contribution is -2.51. The van der Waals surface area contributed by atoms with E-state index in [1.165, 1.54) is 13.1 Å². The van der Waals surface area contributed by atoms with Gasteiger partial charge in [0.05, 0.1) is 0 Å².